The molecule has 0 aromatic heterocycles. The second-order valence-corrected chi connectivity index (χ2v) is 3.99. The average molecular weight is 247 g/mol. The minimum Gasteiger partial charge on any atom is -0.508 e. The molecule has 0 saturated carbocycles. The van der Waals surface area contributed by atoms with E-state index in [9.17, 15) is 9.50 Å². The van der Waals surface area contributed by atoms with Gasteiger partial charge in [-0.3, -0.25) is 0 Å². The molecule has 0 radical (unpaired) electrons. The summed E-state index contributed by atoms with van der Waals surface area (Å²) in [4.78, 5) is 0. The number of phenols is 1. The average Bonchev–Trinajstić information content (AvgIpc) is 2.35. The number of para-hydroxylation sites is 1. The van der Waals surface area contributed by atoms with E-state index in [1.54, 1.807) is 0 Å². The summed E-state index contributed by atoms with van der Waals surface area (Å²) in [5, 5.41) is 21.5. The van der Waals surface area contributed by atoms with Gasteiger partial charge in [-0.25, -0.2) is 4.39 Å². The van der Waals surface area contributed by atoms with Crippen molar-refractivity contribution in [1.82, 2.24) is 0 Å². The van der Waals surface area contributed by atoms with E-state index < -0.39 is 5.82 Å². The van der Waals surface area contributed by atoms with Gasteiger partial charge < -0.3 is 15.5 Å². The fraction of sp³-hybridized carbons (Fsp3) is 0.143. The van der Waals surface area contributed by atoms with Gasteiger partial charge in [-0.1, -0.05) is 18.2 Å². The monoisotopic (exact) mass is 247 g/mol. The number of rotatable bonds is 4. The molecule has 2 aromatic rings. The molecule has 3 N–H and O–H groups in total. The van der Waals surface area contributed by atoms with Crippen LogP contribution in [0, 0.1) is 5.82 Å². The Balaban J connectivity index is 2.11. The molecular weight excluding hydrogens is 233 g/mol. The number of aromatic hydroxyl groups is 1. The van der Waals surface area contributed by atoms with Gasteiger partial charge in [0.15, 0.2) is 0 Å². The Kier molecular flexibility index (Phi) is 3.79. The number of anilines is 1. The number of halogens is 1. The van der Waals surface area contributed by atoms with Gasteiger partial charge in [-0.2, -0.15) is 0 Å². The molecule has 2 rings (SSSR count). The lowest BCUT2D eigenvalue weighted by molar-refractivity contribution is 0.282. The van der Waals surface area contributed by atoms with Crippen LogP contribution in [-0.2, 0) is 13.2 Å². The number of aliphatic hydroxyl groups excluding tert-OH is 1. The summed E-state index contributed by atoms with van der Waals surface area (Å²) < 4.78 is 13.1. The van der Waals surface area contributed by atoms with Crippen molar-refractivity contribution in [2.24, 2.45) is 0 Å². The molecule has 0 aliphatic heterocycles. The highest BCUT2D eigenvalue weighted by Gasteiger charge is 2.02. The molecule has 3 nitrogen and oxygen atoms in total. The highest BCUT2D eigenvalue weighted by molar-refractivity contribution is 5.51. The molecule has 4 heteroatoms. The van der Waals surface area contributed by atoms with Crippen molar-refractivity contribution in [3.8, 4) is 5.75 Å². The predicted molar refractivity (Wildman–Crippen MR) is 67.8 cm³/mol. The van der Waals surface area contributed by atoms with Crippen molar-refractivity contribution in [3.63, 3.8) is 0 Å². The fourth-order valence-electron chi connectivity index (χ4n) is 1.76. The molecule has 0 amide bonds. The smallest absolute Gasteiger partial charge is 0.127 e. The first-order valence-electron chi connectivity index (χ1n) is 5.60. The van der Waals surface area contributed by atoms with Crippen LogP contribution in [0.2, 0.25) is 0 Å². The molecule has 0 unspecified atom stereocenters. The third kappa shape index (κ3) is 2.99. The summed E-state index contributed by atoms with van der Waals surface area (Å²) in [7, 11) is 0. The summed E-state index contributed by atoms with van der Waals surface area (Å²) in [6.07, 6.45) is 0. The van der Waals surface area contributed by atoms with Gasteiger partial charge in [0.25, 0.3) is 0 Å². The molecule has 2 aromatic carbocycles. The summed E-state index contributed by atoms with van der Waals surface area (Å²) in [6.45, 7) is 0.319. The first kappa shape index (κ1) is 12.4. The van der Waals surface area contributed by atoms with Crippen molar-refractivity contribution in [3.05, 3.63) is 59.4 Å². The highest BCUT2D eigenvalue weighted by Crippen LogP contribution is 2.18. The zero-order valence-electron chi connectivity index (χ0n) is 9.73. The van der Waals surface area contributed by atoms with Crippen molar-refractivity contribution in [2.75, 3.05) is 5.32 Å². The number of benzene rings is 2. The zero-order valence-corrected chi connectivity index (χ0v) is 9.73. The van der Waals surface area contributed by atoms with Gasteiger partial charge >= 0.3 is 0 Å². The molecule has 0 atom stereocenters. The van der Waals surface area contributed by atoms with Crippen LogP contribution in [-0.4, -0.2) is 10.2 Å². The molecule has 94 valence electrons. The third-order valence-corrected chi connectivity index (χ3v) is 2.61. The molecule has 0 spiro atoms. The third-order valence-electron chi connectivity index (χ3n) is 2.61. The van der Waals surface area contributed by atoms with Crippen LogP contribution in [0.5, 0.6) is 5.75 Å². The Morgan fingerprint density at radius 2 is 1.89 bits per heavy atom. The second kappa shape index (κ2) is 5.51. The summed E-state index contributed by atoms with van der Waals surface area (Å²) in [5.74, 6) is -0.565. The van der Waals surface area contributed by atoms with Crippen LogP contribution in [0.25, 0.3) is 0 Å². The lowest BCUT2D eigenvalue weighted by atomic mass is 10.1. The quantitative estimate of drug-likeness (QED) is 0.778. The summed E-state index contributed by atoms with van der Waals surface area (Å²) in [5.41, 5.74) is 2.21. The van der Waals surface area contributed by atoms with Crippen LogP contribution in [0.1, 0.15) is 11.1 Å². The van der Waals surface area contributed by atoms with Crippen molar-refractivity contribution >= 4 is 5.69 Å². The summed E-state index contributed by atoms with van der Waals surface area (Å²) >= 11 is 0. The van der Waals surface area contributed by atoms with E-state index in [-0.39, 0.29) is 12.4 Å². The molecule has 0 bridgehead atoms. The lowest BCUT2D eigenvalue weighted by Gasteiger charge is -2.10. The van der Waals surface area contributed by atoms with E-state index in [0.29, 0.717) is 12.1 Å². The van der Waals surface area contributed by atoms with Crippen molar-refractivity contribution in [2.45, 2.75) is 13.2 Å². The summed E-state index contributed by atoms with van der Waals surface area (Å²) in [6, 6.07) is 11.3. The first-order chi connectivity index (χ1) is 8.69. The van der Waals surface area contributed by atoms with Gasteiger partial charge in [0.05, 0.1) is 6.61 Å². The van der Waals surface area contributed by atoms with Crippen LogP contribution in [0.4, 0.5) is 10.1 Å². The number of phenolic OH excluding ortho intramolecular Hbond substituents is 1. The molecule has 0 aliphatic rings. The second-order valence-electron chi connectivity index (χ2n) is 3.99. The Morgan fingerprint density at radius 1 is 1.11 bits per heavy atom. The molecule has 0 heterocycles. The van der Waals surface area contributed by atoms with Crippen LogP contribution >= 0.6 is 0 Å². The van der Waals surface area contributed by atoms with Crippen molar-refractivity contribution in [1.29, 1.82) is 0 Å². The van der Waals surface area contributed by atoms with Gasteiger partial charge in [0.1, 0.15) is 11.6 Å². The van der Waals surface area contributed by atoms with E-state index >= 15 is 0 Å². The van der Waals surface area contributed by atoms with E-state index in [1.165, 1.54) is 12.1 Å². The lowest BCUT2D eigenvalue weighted by Crippen LogP contribution is -2.02. The number of nitrogens with one attached hydrogen (secondary N) is 1. The van der Waals surface area contributed by atoms with Crippen LogP contribution in [0.3, 0.4) is 0 Å². The Bertz CT molecular complexity index is 523. The number of aliphatic hydroxyl groups is 1. The molecule has 18 heavy (non-hydrogen) atoms. The van der Waals surface area contributed by atoms with Crippen molar-refractivity contribution < 1.29 is 14.6 Å². The first-order valence-corrected chi connectivity index (χ1v) is 5.60. The highest BCUT2D eigenvalue weighted by atomic mass is 19.1. The molecule has 0 fully saturated rings. The van der Waals surface area contributed by atoms with Gasteiger partial charge in [0.2, 0.25) is 0 Å². The molecule has 0 saturated heterocycles. The van der Waals surface area contributed by atoms with E-state index in [0.717, 1.165) is 17.3 Å². The van der Waals surface area contributed by atoms with Gasteiger partial charge in [-0.15, -0.1) is 0 Å². The minimum absolute atomic E-state index is 0.0580. The van der Waals surface area contributed by atoms with E-state index in [2.05, 4.69) is 5.32 Å². The topological polar surface area (TPSA) is 52.5 Å². The van der Waals surface area contributed by atoms with E-state index in [4.69, 9.17) is 5.11 Å². The SMILES string of the molecule is OCc1ccccc1NCc1cc(O)cc(F)c1. The Hall–Kier alpha value is -2.07. The number of hydrogen-bond acceptors (Lipinski definition) is 3. The maximum atomic E-state index is 13.1. The standard InChI is InChI=1S/C14H14FNO2/c15-12-5-10(6-13(18)7-12)8-16-14-4-2-1-3-11(14)9-17/h1-7,16-18H,8-9H2. The minimum atomic E-state index is -0.470. The van der Waals surface area contributed by atoms with Gasteiger partial charge in [0, 0.05) is 23.9 Å². The molecular formula is C14H14FNO2. The van der Waals surface area contributed by atoms with Crippen LogP contribution in [0.15, 0.2) is 42.5 Å². The maximum absolute atomic E-state index is 13.1. The predicted octanol–water partition coefficient (Wildman–Crippen LogP) is 2.64. The maximum Gasteiger partial charge on any atom is 0.127 e. The fourth-order valence-corrected chi connectivity index (χ4v) is 1.76. The molecule has 0 aliphatic carbocycles. The zero-order chi connectivity index (χ0) is 13.0. The normalized spacial score (nSPS) is 10.3. The largest absolute Gasteiger partial charge is 0.508 e. The Labute approximate surface area is 105 Å². The van der Waals surface area contributed by atoms with E-state index in [1.807, 2.05) is 24.3 Å². The Morgan fingerprint density at radius 3 is 2.61 bits per heavy atom. The van der Waals surface area contributed by atoms with Gasteiger partial charge in [-0.05, 0) is 23.8 Å². The number of hydrogen-bond donors (Lipinski definition) is 3. The van der Waals surface area contributed by atoms with Crippen LogP contribution < -0.4 is 5.32 Å².